The van der Waals surface area contributed by atoms with E-state index in [1.807, 2.05) is 0 Å². The fourth-order valence-corrected chi connectivity index (χ4v) is 3.85. The van der Waals surface area contributed by atoms with Crippen LogP contribution in [0.2, 0.25) is 0 Å². The van der Waals surface area contributed by atoms with Crippen LogP contribution in [0.15, 0.2) is 0 Å². The lowest BCUT2D eigenvalue weighted by Gasteiger charge is -2.39. The molecular weight excluding hydrogens is 172 g/mol. The van der Waals surface area contributed by atoms with Crippen LogP contribution in [0.5, 0.6) is 0 Å². The number of rotatable bonds is 0. The summed E-state index contributed by atoms with van der Waals surface area (Å²) in [5.41, 5.74) is 0. The Morgan fingerprint density at radius 1 is 1.07 bits per heavy atom. The van der Waals surface area contributed by atoms with Gasteiger partial charge in [0.05, 0.1) is 0 Å². The van der Waals surface area contributed by atoms with Crippen LogP contribution in [0.1, 0.15) is 32.1 Å². The Morgan fingerprint density at radius 2 is 2.00 bits per heavy atom. The molecule has 3 aliphatic rings. The van der Waals surface area contributed by atoms with Gasteiger partial charge in [-0.1, -0.05) is 6.42 Å². The molecular formula is C12H22N2. The van der Waals surface area contributed by atoms with Crippen molar-refractivity contribution in [2.24, 2.45) is 5.92 Å². The van der Waals surface area contributed by atoms with Gasteiger partial charge in [-0.25, -0.2) is 0 Å². The van der Waals surface area contributed by atoms with Gasteiger partial charge in [-0.15, -0.1) is 0 Å². The van der Waals surface area contributed by atoms with E-state index in [0.29, 0.717) is 0 Å². The van der Waals surface area contributed by atoms with Crippen LogP contribution in [0.25, 0.3) is 0 Å². The zero-order chi connectivity index (χ0) is 9.54. The van der Waals surface area contributed by atoms with Crippen LogP contribution < -0.4 is 0 Å². The van der Waals surface area contributed by atoms with Crippen molar-refractivity contribution in [2.45, 2.75) is 44.2 Å². The normalized spacial score (nSPS) is 44.8. The summed E-state index contributed by atoms with van der Waals surface area (Å²) >= 11 is 0. The van der Waals surface area contributed by atoms with Gasteiger partial charge < -0.3 is 4.90 Å². The molecule has 3 unspecified atom stereocenters. The van der Waals surface area contributed by atoms with E-state index in [-0.39, 0.29) is 0 Å². The molecule has 0 spiro atoms. The Bertz CT molecular complexity index is 216. The molecule has 14 heavy (non-hydrogen) atoms. The molecule has 0 aromatic carbocycles. The molecule has 0 saturated carbocycles. The lowest BCUT2D eigenvalue weighted by atomic mass is 9.91. The van der Waals surface area contributed by atoms with E-state index in [1.165, 1.54) is 51.7 Å². The molecule has 3 heterocycles. The van der Waals surface area contributed by atoms with Crippen LogP contribution in [0.3, 0.4) is 0 Å². The van der Waals surface area contributed by atoms with E-state index >= 15 is 0 Å². The molecule has 2 heteroatoms. The molecule has 80 valence electrons. The third-order valence-electron chi connectivity index (χ3n) is 4.60. The van der Waals surface area contributed by atoms with Gasteiger partial charge in [-0.05, 0) is 51.7 Å². The third kappa shape index (κ3) is 1.40. The summed E-state index contributed by atoms with van der Waals surface area (Å²) in [5, 5.41) is 0. The molecule has 0 amide bonds. The molecule has 0 aliphatic carbocycles. The summed E-state index contributed by atoms with van der Waals surface area (Å²) in [6.07, 6.45) is 7.38. The minimum Gasteiger partial charge on any atom is -0.305 e. The van der Waals surface area contributed by atoms with Crippen molar-refractivity contribution in [3.63, 3.8) is 0 Å². The van der Waals surface area contributed by atoms with E-state index in [2.05, 4.69) is 16.8 Å². The first kappa shape index (κ1) is 9.17. The number of nitrogens with zero attached hydrogens (tertiary/aromatic N) is 2. The number of likely N-dealkylation sites (N-methyl/N-ethyl adjacent to an activating group) is 1. The minimum atomic E-state index is 0.916. The Balaban J connectivity index is 1.75. The Kier molecular flexibility index (Phi) is 2.29. The highest BCUT2D eigenvalue weighted by Crippen LogP contribution is 2.39. The number of hydrogen-bond donors (Lipinski definition) is 0. The third-order valence-corrected chi connectivity index (χ3v) is 4.60. The van der Waals surface area contributed by atoms with Crippen LogP contribution in [0, 0.1) is 5.92 Å². The second-order valence-corrected chi connectivity index (χ2v) is 5.50. The Hall–Kier alpha value is -0.0800. The van der Waals surface area contributed by atoms with Crippen LogP contribution in [-0.4, -0.2) is 48.6 Å². The van der Waals surface area contributed by atoms with Crippen LogP contribution in [-0.2, 0) is 0 Å². The first-order valence-electron chi connectivity index (χ1n) is 6.29. The molecule has 3 fully saturated rings. The summed E-state index contributed by atoms with van der Waals surface area (Å²) < 4.78 is 0. The quantitative estimate of drug-likeness (QED) is 0.577. The average Bonchev–Trinajstić information content (AvgIpc) is 2.56. The number of hydrogen-bond acceptors (Lipinski definition) is 2. The van der Waals surface area contributed by atoms with Gasteiger partial charge in [-0.3, -0.25) is 4.90 Å². The summed E-state index contributed by atoms with van der Waals surface area (Å²) in [6, 6.07) is 1.88. The van der Waals surface area contributed by atoms with E-state index < -0.39 is 0 Å². The molecule has 0 radical (unpaired) electrons. The maximum absolute atomic E-state index is 2.84. The number of fused-ring (bicyclic) bond motifs is 3. The predicted octanol–water partition coefficient (Wildman–Crippen LogP) is 1.56. The summed E-state index contributed by atoms with van der Waals surface area (Å²) in [7, 11) is 2.29. The van der Waals surface area contributed by atoms with Crippen molar-refractivity contribution >= 4 is 0 Å². The number of piperidine rings is 2. The van der Waals surface area contributed by atoms with Gasteiger partial charge in [0, 0.05) is 18.6 Å². The molecule has 0 bridgehead atoms. The summed E-state index contributed by atoms with van der Waals surface area (Å²) in [4.78, 5) is 5.36. The molecule has 3 aliphatic heterocycles. The molecule has 0 aromatic heterocycles. The van der Waals surface area contributed by atoms with Crippen LogP contribution >= 0.6 is 0 Å². The Labute approximate surface area is 87.3 Å². The van der Waals surface area contributed by atoms with Crippen molar-refractivity contribution in [1.29, 1.82) is 0 Å². The second-order valence-electron chi connectivity index (χ2n) is 5.50. The van der Waals surface area contributed by atoms with Gasteiger partial charge in [-0.2, -0.15) is 0 Å². The zero-order valence-corrected chi connectivity index (χ0v) is 9.28. The van der Waals surface area contributed by atoms with Crippen molar-refractivity contribution in [2.75, 3.05) is 26.7 Å². The van der Waals surface area contributed by atoms with Gasteiger partial charge in [0.1, 0.15) is 0 Å². The SMILES string of the molecule is CN1CCC2CC3CCCCN3C2C1. The largest absolute Gasteiger partial charge is 0.305 e. The van der Waals surface area contributed by atoms with Crippen molar-refractivity contribution in [1.82, 2.24) is 9.80 Å². The standard InChI is InChI=1S/C12H22N2/c1-13-7-5-10-8-11-4-2-3-6-14(11)12(10)9-13/h10-12H,2-9H2,1H3. The molecule has 3 rings (SSSR count). The topological polar surface area (TPSA) is 6.48 Å². The van der Waals surface area contributed by atoms with Gasteiger partial charge in [0.2, 0.25) is 0 Å². The van der Waals surface area contributed by atoms with Crippen LogP contribution in [0.4, 0.5) is 0 Å². The van der Waals surface area contributed by atoms with Crippen molar-refractivity contribution in [3.05, 3.63) is 0 Å². The molecule has 0 aromatic rings. The Morgan fingerprint density at radius 3 is 2.93 bits per heavy atom. The van der Waals surface area contributed by atoms with Gasteiger partial charge >= 0.3 is 0 Å². The zero-order valence-electron chi connectivity index (χ0n) is 9.28. The first-order chi connectivity index (χ1) is 6.84. The first-order valence-corrected chi connectivity index (χ1v) is 6.29. The highest BCUT2D eigenvalue weighted by molar-refractivity contribution is 4.98. The van der Waals surface area contributed by atoms with Crippen molar-refractivity contribution < 1.29 is 0 Å². The minimum absolute atomic E-state index is 0.916. The number of likely N-dealkylation sites (tertiary alicyclic amines) is 1. The van der Waals surface area contributed by atoms with Gasteiger partial charge in [0.25, 0.3) is 0 Å². The van der Waals surface area contributed by atoms with E-state index in [9.17, 15) is 0 Å². The molecule has 3 atom stereocenters. The maximum Gasteiger partial charge on any atom is 0.0255 e. The summed E-state index contributed by atoms with van der Waals surface area (Å²) in [6.45, 7) is 4.06. The van der Waals surface area contributed by atoms with Crippen molar-refractivity contribution in [3.8, 4) is 0 Å². The second kappa shape index (κ2) is 3.49. The van der Waals surface area contributed by atoms with Gasteiger partial charge in [0.15, 0.2) is 0 Å². The fraction of sp³-hybridized carbons (Fsp3) is 1.00. The van der Waals surface area contributed by atoms with E-state index in [4.69, 9.17) is 0 Å². The smallest absolute Gasteiger partial charge is 0.0255 e. The lowest BCUT2D eigenvalue weighted by Crippen LogP contribution is -2.49. The molecule has 2 nitrogen and oxygen atoms in total. The predicted molar refractivity (Wildman–Crippen MR) is 58.4 cm³/mol. The highest BCUT2D eigenvalue weighted by Gasteiger charge is 2.43. The molecule has 0 N–H and O–H groups in total. The monoisotopic (exact) mass is 194 g/mol. The summed E-state index contributed by atoms with van der Waals surface area (Å²) in [5.74, 6) is 1.04. The lowest BCUT2D eigenvalue weighted by molar-refractivity contribution is 0.0891. The average molecular weight is 194 g/mol. The van der Waals surface area contributed by atoms with E-state index in [0.717, 1.165) is 18.0 Å². The van der Waals surface area contributed by atoms with E-state index in [1.54, 1.807) is 0 Å². The fourth-order valence-electron chi connectivity index (χ4n) is 3.85. The molecule has 3 saturated heterocycles. The maximum atomic E-state index is 2.84. The highest BCUT2D eigenvalue weighted by atomic mass is 15.3.